The summed E-state index contributed by atoms with van der Waals surface area (Å²) in [6, 6.07) is 2.07. The fraction of sp³-hybridized carbons (Fsp3) is 0.609. The predicted molar refractivity (Wildman–Crippen MR) is 104 cm³/mol. The lowest BCUT2D eigenvalue weighted by atomic mass is 9.68. The molecule has 2 bridgehead atoms. The molecule has 1 aromatic rings. The van der Waals surface area contributed by atoms with Crippen LogP contribution in [0.5, 0.6) is 0 Å². The van der Waals surface area contributed by atoms with Crippen LogP contribution < -0.4 is 0 Å². The second-order valence-electron chi connectivity index (χ2n) is 9.13. The Morgan fingerprint density at radius 1 is 1.03 bits per heavy atom. The lowest BCUT2D eigenvalue weighted by Gasteiger charge is -2.54. The first-order chi connectivity index (χ1) is 14.0. The Kier molecular flexibility index (Phi) is 4.93. The molecule has 4 atom stereocenters. The Morgan fingerprint density at radius 2 is 1.86 bits per heavy atom. The van der Waals surface area contributed by atoms with Gasteiger partial charge in [-0.05, 0) is 56.6 Å². The number of piperidine rings is 3. The van der Waals surface area contributed by atoms with E-state index in [1.54, 1.807) is 0 Å². The van der Waals surface area contributed by atoms with E-state index in [4.69, 9.17) is 0 Å². The van der Waals surface area contributed by atoms with Crippen LogP contribution in [0, 0.1) is 29.3 Å². The highest BCUT2D eigenvalue weighted by Crippen LogP contribution is 2.45. The molecule has 3 heterocycles. The summed E-state index contributed by atoms with van der Waals surface area (Å²) in [7, 11) is 0. The van der Waals surface area contributed by atoms with Crippen LogP contribution in [0.4, 0.5) is 13.2 Å². The minimum absolute atomic E-state index is 0.0709. The van der Waals surface area contributed by atoms with Gasteiger partial charge in [-0.15, -0.1) is 0 Å². The number of benzene rings is 1. The number of halogens is 3. The first-order valence-electron chi connectivity index (χ1n) is 10.9. The smallest absolute Gasteiger partial charge is 0.227 e. The number of amides is 1. The van der Waals surface area contributed by atoms with Crippen LogP contribution in [0.3, 0.4) is 0 Å². The van der Waals surface area contributed by atoms with E-state index in [-0.39, 0.29) is 23.9 Å². The fourth-order valence-corrected chi connectivity index (χ4v) is 6.22. The Labute approximate surface area is 169 Å². The number of carbonyl (C=O) groups is 1. The zero-order valence-electron chi connectivity index (χ0n) is 16.5. The van der Waals surface area contributed by atoms with E-state index >= 15 is 0 Å². The number of hydrogen-bond donors (Lipinski definition) is 0. The van der Waals surface area contributed by atoms with Crippen molar-refractivity contribution in [2.24, 2.45) is 11.8 Å². The van der Waals surface area contributed by atoms with E-state index in [1.807, 2.05) is 4.90 Å². The van der Waals surface area contributed by atoms with Gasteiger partial charge < -0.3 is 4.90 Å². The molecule has 3 fully saturated rings. The predicted octanol–water partition coefficient (Wildman–Crippen LogP) is 4.07. The average Bonchev–Trinajstić information content (AvgIpc) is 2.71. The summed E-state index contributed by atoms with van der Waals surface area (Å²) in [5.41, 5.74) is 1.29. The van der Waals surface area contributed by atoms with E-state index in [0.29, 0.717) is 30.5 Å². The number of likely N-dealkylation sites (tertiary alicyclic amines) is 1. The van der Waals surface area contributed by atoms with E-state index in [0.717, 1.165) is 38.4 Å². The maximum atomic E-state index is 14.1. The van der Waals surface area contributed by atoms with Crippen LogP contribution >= 0.6 is 0 Å². The highest BCUT2D eigenvalue weighted by molar-refractivity contribution is 5.80. The molecule has 1 amide bonds. The molecule has 4 aliphatic rings. The topological polar surface area (TPSA) is 23.6 Å². The molecule has 5 rings (SSSR count). The molecule has 0 N–H and O–H groups in total. The van der Waals surface area contributed by atoms with Crippen molar-refractivity contribution < 1.29 is 18.0 Å². The van der Waals surface area contributed by atoms with E-state index in [1.165, 1.54) is 24.8 Å². The molecule has 29 heavy (non-hydrogen) atoms. The number of nitrogens with zero attached hydrogens (tertiary/aromatic N) is 2. The van der Waals surface area contributed by atoms with Crippen LogP contribution in [-0.2, 0) is 11.2 Å². The number of carbonyl (C=O) groups excluding carboxylic acids is 1. The fourth-order valence-electron chi connectivity index (χ4n) is 6.22. The largest absolute Gasteiger partial charge is 0.335 e. The van der Waals surface area contributed by atoms with Gasteiger partial charge in [-0.25, -0.2) is 13.2 Å². The first-order valence-corrected chi connectivity index (χ1v) is 10.9. The van der Waals surface area contributed by atoms with Crippen molar-refractivity contribution in [3.63, 3.8) is 0 Å². The summed E-state index contributed by atoms with van der Waals surface area (Å²) in [5.74, 6) is -2.39. The molecule has 156 valence electrons. The Bertz CT molecular complexity index is 855. The molecular weight excluding hydrogens is 377 g/mol. The Hall–Kier alpha value is -1.82. The van der Waals surface area contributed by atoms with Gasteiger partial charge in [0.05, 0.1) is 12.5 Å². The van der Waals surface area contributed by atoms with Gasteiger partial charge in [-0.2, -0.15) is 0 Å². The lowest BCUT2D eigenvalue weighted by Crippen LogP contribution is -2.60. The molecular formula is C23H27F3N2O. The van der Waals surface area contributed by atoms with Gasteiger partial charge in [-0.3, -0.25) is 9.69 Å². The third-order valence-electron chi connectivity index (χ3n) is 7.41. The second kappa shape index (κ2) is 7.46. The van der Waals surface area contributed by atoms with Crippen LogP contribution in [0.1, 0.15) is 44.1 Å². The van der Waals surface area contributed by atoms with Crippen molar-refractivity contribution in [1.29, 1.82) is 0 Å². The Morgan fingerprint density at radius 3 is 2.72 bits per heavy atom. The molecule has 1 aliphatic carbocycles. The van der Waals surface area contributed by atoms with Crippen molar-refractivity contribution in [2.45, 2.75) is 57.0 Å². The molecule has 6 heteroatoms. The molecule has 0 radical (unpaired) electrons. The van der Waals surface area contributed by atoms with Gasteiger partial charge in [0.2, 0.25) is 5.91 Å². The highest BCUT2D eigenvalue weighted by atomic mass is 19.2. The maximum absolute atomic E-state index is 14.1. The van der Waals surface area contributed by atoms with Crippen molar-refractivity contribution >= 4 is 5.91 Å². The van der Waals surface area contributed by atoms with Crippen LogP contribution in [-0.4, -0.2) is 47.4 Å². The molecule has 3 saturated heterocycles. The summed E-state index contributed by atoms with van der Waals surface area (Å²) in [6.45, 7) is 2.81. The summed E-state index contributed by atoms with van der Waals surface area (Å²) < 4.78 is 40.9. The zero-order valence-corrected chi connectivity index (χ0v) is 16.5. The molecule has 3 aliphatic heterocycles. The van der Waals surface area contributed by atoms with Crippen molar-refractivity contribution in [3.05, 3.63) is 46.8 Å². The van der Waals surface area contributed by atoms with Crippen LogP contribution in [0.25, 0.3) is 0 Å². The van der Waals surface area contributed by atoms with Crippen LogP contribution in [0.15, 0.2) is 23.8 Å². The monoisotopic (exact) mass is 404 g/mol. The van der Waals surface area contributed by atoms with Gasteiger partial charge >= 0.3 is 0 Å². The normalized spacial score (nSPS) is 31.7. The third-order valence-corrected chi connectivity index (χ3v) is 7.41. The zero-order chi connectivity index (χ0) is 20.1. The van der Waals surface area contributed by atoms with Gasteiger partial charge in [0.1, 0.15) is 5.82 Å². The number of hydrogen-bond acceptors (Lipinski definition) is 2. The van der Waals surface area contributed by atoms with E-state index < -0.39 is 17.5 Å². The summed E-state index contributed by atoms with van der Waals surface area (Å²) in [5, 5.41) is 0. The number of rotatable bonds is 2. The summed E-state index contributed by atoms with van der Waals surface area (Å²) in [4.78, 5) is 17.6. The molecule has 1 aromatic carbocycles. The Balaban J connectivity index is 1.39. The van der Waals surface area contributed by atoms with Crippen molar-refractivity contribution in [1.82, 2.24) is 9.80 Å². The van der Waals surface area contributed by atoms with Gasteiger partial charge in [0.15, 0.2) is 11.6 Å². The minimum Gasteiger partial charge on any atom is -0.335 e. The summed E-state index contributed by atoms with van der Waals surface area (Å²) >= 11 is 0. The second-order valence-corrected chi connectivity index (χ2v) is 9.13. The molecule has 0 unspecified atom stereocenters. The minimum atomic E-state index is -1.22. The van der Waals surface area contributed by atoms with Crippen molar-refractivity contribution in [3.8, 4) is 0 Å². The average molecular weight is 404 g/mol. The van der Waals surface area contributed by atoms with E-state index in [9.17, 15) is 18.0 Å². The van der Waals surface area contributed by atoms with Crippen LogP contribution in [0.2, 0.25) is 0 Å². The van der Waals surface area contributed by atoms with Gasteiger partial charge in [0.25, 0.3) is 0 Å². The summed E-state index contributed by atoms with van der Waals surface area (Å²) in [6.07, 6.45) is 9.06. The number of fused-ring (bicyclic) bond motifs is 6. The van der Waals surface area contributed by atoms with Crippen molar-refractivity contribution in [2.75, 3.05) is 19.6 Å². The standard InChI is InChI=1S/C23H27F3N2O/c24-18-12-20(26)19(25)10-15(18)11-22(29)28-7-3-4-14-8-16-9-17(23(14)28)13-27-6-2-1-5-21(16)27/h8,10,12,16-17,21,23H,1-7,9,11,13H2/t16-,17+,21-,23-/m0/s1. The maximum Gasteiger partial charge on any atom is 0.227 e. The van der Waals surface area contributed by atoms with Gasteiger partial charge in [0, 0.05) is 30.8 Å². The first kappa shape index (κ1) is 19.2. The third kappa shape index (κ3) is 3.39. The molecule has 0 saturated carbocycles. The lowest BCUT2D eigenvalue weighted by molar-refractivity contribution is -0.135. The SMILES string of the molecule is O=C(Cc1cc(F)c(F)cc1F)N1CCCC2=C[C@H]3C[C@H](CN4CCCC[C@@H]34)[C@H]21. The quantitative estimate of drug-likeness (QED) is 0.548. The highest BCUT2D eigenvalue weighted by Gasteiger charge is 2.46. The molecule has 0 aromatic heterocycles. The van der Waals surface area contributed by atoms with E-state index in [2.05, 4.69) is 11.0 Å². The molecule has 0 spiro atoms. The molecule has 3 nitrogen and oxygen atoms in total. The van der Waals surface area contributed by atoms with Gasteiger partial charge in [-0.1, -0.05) is 18.1 Å².